The van der Waals surface area contributed by atoms with Gasteiger partial charge in [-0.1, -0.05) is 65.8 Å². The number of carbonyl (C=O) groups excluding carboxylic acids is 1. The van der Waals surface area contributed by atoms with E-state index in [1.807, 2.05) is 61.5 Å². The minimum absolute atomic E-state index is 0.0293. The molecule has 0 radical (unpaired) electrons. The Morgan fingerprint density at radius 2 is 1.78 bits per heavy atom. The molecule has 0 aliphatic heterocycles. The van der Waals surface area contributed by atoms with Gasteiger partial charge in [0.2, 0.25) is 0 Å². The van der Waals surface area contributed by atoms with Crippen LogP contribution >= 0.6 is 11.3 Å². The molecule has 186 valence electrons. The number of carboxylic acids is 1. The fourth-order valence-electron chi connectivity index (χ4n) is 4.12. The average Bonchev–Trinajstić information content (AvgIpc) is 3.52. The number of nitrogens with zero attached hydrogens (tertiary/aromatic N) is 2. The predicted octanol–water partition coefficient (Wildman–Crippen LogP) is 6.86. The van der Waals surface area contributed by atoms with Crippen LogP contribution in [0.15, 0.2) is 76.8 Å². The number of anilines is 1. The molecule has 0 spiro atoms. The van der Waals surface area contributed by atoms with Gasteiger partial charge >= 0.3 is 12.1 Å². The van der Waals surface area contributed by atoms with Crippen LogP contribution in [0.1, 0.15) is 29.8 Å². The molecule has 5 aromatic rings. The topological polar surface area (TPSA) is 115 Å². The van der Waals surface area contributed by atoms with Crippen LogP contribution in [-0.2, 0) is 16.0 Å². The maximum atomic E-state index is 12.7. The molecule has 2 heterocycles. The molecule has 0 saturated carbocycles. The number of fused-ring (bicyclic) bond motifs is 1. The van der Waals surface area contributed by atoms with E-state index in [9.17, 15) is 9.59 Å². The summed E-state index contributed by atoms with van der Waals surface area (Å²) < 4.78 is 12.1. The number of benzene rings is 3. The van der Waals surface area contributed by atoms with Crippen molar-refractivity contribution in [2.75, 3.05) is 5.32 Å². The molecule has 0 aliphatic rings. The van der Waals surface area contributed by atoms with Crippen LogP contribution in [0.5, 0.6) is 0 Å². The SMILES string of the molecule is Cc1noc(-c2ccc(-c3ccc(CC(=O)O)cc3)c3ncsc23)c1NC(=O)OC(C)c1ccccc1. The van der Waals surface area contributed by atoms with Gasteiger partial charge in [-0.05, 0) is 36.6 Å². The standard InChI is InChI=1S/C28H23N3O5S/c1-16-24(30-28(34)35-17(2)19-6-4-3-5-7-19)26(36-31-16)22-13-12-21(25-27(22)37-15-29-25)20-10-8-18(9-11-20)14-23(32)33/h3-13,15,17H,14H2,1-2H3,(H,30,34)(H,32,33). The monoisotopic (exact) mass is 513 g/mol. The van der Waals surface area contributed by atoms with E-state index >= 15 is 0 Å². The lowest BCUT2D eigenvalue weighted by molar-refractivity contribution is -0.136. The molecule has 8 nitrogen and oxygen atoms in total. The molecule has 1 unspecified atom stereocenters. The van der Waals surface area contributed by atoms with Crippen LogP contribution in [-0.4, -0.2) is 27.3 Å². The van der Waals surface area contributed by atoms with E-state index < -0.39 is 18.2 Å². The van der Waals surface area contributed by atoms with Gasteiger partial charge in [0.25, 0.3) is 0 Å². The first-order chi connectivity index (χ1) is 17.9. The van der Waals surface area contributed by atoms with Crippen molar-refractivity contribution in [2.45, 2.75) is 26.4 Å². The van der Waals surface area contributed by atoms with Crippen molar-refractivity contribution in [1.29, 1.82) is 0 Å². The Morgan fingerprint density at radius 1 is 1.05 bits per heavy atom. The maximum Gasteiger partial charge on any atom is 0.412 e. The van der Waals surface area contributed by atoms with Gasteiger partial charge in [-0.3, -0.25) is 10.1 Å². The number of aryl methyl sites for hydroxylation is 1. The first kappa shape index (κ1) is 24.2. The van der Waals surface area contributed by atoms with Crippen LogP contribution < -0.4 is 5.32 Å². The van der Waals surface area contributed by atoms with Crippen LogP contribution in [0.25, 0.3) is 32.7 Å². The first-order valence-corrected chi connectivity index (χ1v) is 12.4. The number of hydrogen-bond donors (Lipinski definition) is 2. The molecule has 0 bridgehead atoms. The molecule has 0 saturated heterocycles. The lowest BCUT2D eigenvalue weighted by atomic mass is 9.99. The molecular weight excluding hydrogens is 490 g/mol. The molecule has 37 heavy (non-hydrogen) atoms. The number of rotatable bonds is 7. The van der Waals surface area contributed by atoms with Gasteiger partial charge in [-0.25, -0.2) is 9.78 Å². The zero-order valence-corrected chi connectivity index (χ0v) is 20.9. The average molecular weight is 514 g/mol. The zero-order valence-electron chi connectivity index (χ0n) is 20.1. The molecule has 0 fully saturated rings. The summed E-state index contributed by atoms with van der Waals surface area (Å²) >= 11 is 1.45. The molecule has 5 rings (SSSR count). The van der Waals surface area contributed by atoms with E-state index in [0.29, 0.717) is 17.1 Å². The van der Waals surface area contributed by atoms with Crippen molar-refractivity contribution in [3.8, 4) is 22.5 Å². The molecule has 3 aromatic carbocycles. The molecule has 9 heteroatoms. The van der Waals surface area contributed by atoms with Gasteiger partial charge in [-0.2, -0.15) is 0 Å². The number of carboxylic acid groups (broad SMARTS) is 1. The Hall–Kier alpha value is -4.50. The number of carbonyl (C=O) groups is 2. The number of amides is 1. The highest BCUT2D eigenvalue weighted by Gasteiger charge is 2.23. The normalized spacial score (nSPS) is 11.8. The minimum Gasteiger partial charge on any atom is -0.481 e. The summed E-state index contributed by atoms with van der Waals surface area (Å²) in [5, 5.41) is 15.9. The Labute approximate surface area is 216 Å². The second kappa shape index (κ2) is 10.2. The van der Waals surface area contributed by atoms with Crippen LogP contribution in [0, 0.1) is 6.92 Å². The van der Waals surface area contributed by atoms with E-state index in [0.717, 1.165) is 38.0 Å². The van der Waals surface area contributed by atoms with Crippen molar-refractivity contribution in [2.24, 2.45) is 0 Å². The fraction of sp³-hybridized carbons (Fsp3) is 0.143. The summed E-state index contributed by atoms with van der Waals surface area (Å²) in [6.45, 7) is 3.56. The second-order valence-corrected chi connectivity index (χ2v) is 9.37. The lowest BCUT2D eigenvalue weighted by Gasteiger charge is -2.14. The molecule has 2 N–H and O–H groups in total. The Bertz CT molecular complexity index is 1570. The van der Waals surface area contributed by atoms with Gasteiger partial charge in [0.15, 0.2) is 5.76 Å². The van der Waals surface area contributed by atoms with Crippen LogP contribution in [0.3, 0.4) is 0 Å². The summed E-state index contributed by atoms with van der Waals surface area (Å²) in [7, 11) is 0. The summed E-state index contributed by atoms with van der Waals surface area (Å²) in [4.78, 5) is 28.3. The predicted molar refractivity (Wildman–Crippen MR) is 142 cm³/mol. The zero-order chi connectivity index (χ0) is 25.9. The Morgan fingerprint density at radius 3 is 2.51 bits per heavy atom. The third kappa shape index (κ3) is 5.07. The smallest absolute Gasteiger partial charge is 0.412 e. The number of aromatic nitrogens is 2. The van der Waals surface area contributed by atoms with Crippen LogP contribution in [0.2, 0.25) is 0 Å². The van der Waals surface area contributed by atoms with E-state index in [1.165, 1.54) is 11.3 Å². The highest BCUT2D eigenvalue weighted by Crippen LogP contribution is 2.41. The van der Waals surface area contributed by atoms with Crippen molar-refractivity contribution in [3.05, 3.63) is 89.1 Å². The van der Waals surface area contributed by atoms with Crippen molar-refractivity contribution < 1.29 is 24.0 Å². The fourth-order valence-corrected chi connectivity index (χ4v) is 4.95. The number of thiazole rings is 1. The highest BCUT2D eigenvalue weighted by molar-refractivity contribution is 7.17. The summed E-state index contributed by atoms with van der Waals surface area (Å²) in [6, 6.07) is 20.7. The highest BCUT2D eigenvalue weighted by atomic mass is 32.1. The summed E-state index contributed by atoms with van der Waals surface area (Å²) in [5.41, 5.74) is 7.67. The van der Waals surface area contributed by atoms with Crippen molar-refractivity contribution in [3.63, 3.8) is 0 Å². The van der Waals surface area contributed by atoms with Crippen LogP contribution in [0.4, 0.5) is 10.5 Å². The molecule has 1 amide bonds. The number of nitrogens with one attached hydrogen (secondary N) is 1. The van der Waals surface area contributed by atoms with E-state index in [4.69, 9.17) is 14.4 Å². The third-order valence-electron chi connectivity index (χ3n) is 5.99. The Balaban J connectivity index is 1.43. The van der Waals surface area contributed by atoms with Gasteiger partial charge < -0.3 is 14.4 Å². The van der Waals surface area contributed by atoms with Gasteiger partial charge in [0.1, 0.15) is 17.5 Å². The number of aliphatic carboxylic acids is 1. The van der Waals surface area contributed by atoms with E-state index in [-0.39, 0.29) is 6.42 Å². The number of hydrogen-bond acceptors (Lipinski definition) is 7. The van der Waals surface area contributed by atoms with Gasteiger partial charge in [0, 0.05) is 11.1 Å². The maximum absolute atomic E-state index is 12.7. The largest absolute Gasteiger partial charge is 0.481 e. The second-order valence-electron chi connectivity index (χ2n) is 8.51. The van der Waals surface area contributed by atoms with Crippen molar-refractivity contribution in [1.82, 2.24) is 10.1 Å². The van der Waals surface area contributed by atoms with Gasteiger partial charge in [0.05, 0.1) is 22.1 Å². The first-order valence-electron chi connectivity index (χ1n) is 11.6. The Kier molecular flexibility index (Phi) is 6.70. The van der Waals surface area contributed by atoms with E-state index in [2.05, 4.69) is 15.5 Å². The summed E-state index contributed by atoms with van der Waals surface area (Å²) in [5.74, 6) is -0.455. The minimum atomic E-state index is -0.871. The summed E-state index contributed by atoms with van der Waals surface area (Å²) in [6.07, 6.45) is -1.07. The van der Waals surface area contributed by atoms with Crippen molar-refractivity contribution >= 4 is 39.3 Å². The quantitative estimate of drug-likeness (QED) is 0.244. The van der Waals surface area contributed by atoms with Gasteiger partial charge in [-0.15, -0.1) is 11.3 Å². The molecule has 1 atom stereocenters. The third-order valence-corrected chi connectivity index (χ3v) is 6.85. The van der Waals surface area contributed by atoms with E-state index in [1.54, 1.807) is 24.6 Å². The lowest BCUT2D eigenvalue weighted by Crippen LogP contribution is -2.16. The molecular formula is C28H23N3O5S. The number of ether oxygens (including phenoxy) is 1. The molecule has 2 aromatic heterocycles. The molecule has 0 aliphatic carbocycles.